The van der Waals surface area contributed by atoms with Crippen molar-refractivity contribution in [3.05, 3.63) is 64.1 Å². The number of ether oxygens (including phenoxy) is 3. The first kappa shape index (κ1) is 31.6. The first-order valence-electron chi connectivity index (χ1n) is 14.6. The Balaban J connectivity index is 1.50. The van der Waals surface area contributed by atoms with E-state index in [1.165, 1.54) is 7.11 Å². The summed E-state index contributed by atoms with van der Waals surface area (Å²) in [5, 5.41) is 0.600. The van der Waals surface area contributed by atoms with Gasteiger partial charge in [0.25, 0.3) is 5.91 Å². The number of alkyl halides is 1. The highest BCUT2D eigenvalue weighted by Gasteiger charge is 2.48. The fourth-order valence-corrected chi connectivity index (χ4v) is 6.87. The molecule has 1 aromatic carbocycles. The molecule has 1 aromatic heterocycles. The van der Waals surface area contributed by atoms with E-state index >= 15 is 0 Å². The number of halogens is 1. The van der Waals surface area contributed by atoms with Gasteiger partial charge in [-0.25, -0.2) is 9.59 Å². The Morgan fingerprint density at radius 3 is 2.50 bits per heavy atom. The summed E-state index contributed by atoms with van der Waals surface area (Å²) in [5.41, 5.74) is 4.87. The number of likely N-dealkylation sites (tertiary alicyclic amines) is 1. The van der Waals surface area contributed by atoms with Crippen LogP contribution in [0.1, 0.15) is 44.9 Å². The Bertz CT molecular complexity index is 1490. The molecule has 44 heavy (non-hydrogen) atoms. The van der Waals surface area contributed by atoms with Gasteiger partial charge < -0.3 is 38.8 Å². The zero-order valence-electron chi connectivity index (χ0n) is 26.1. The van der Waals surface area contributed by atoms with Crippen LogP contribution in [-0.4, -0.2) is 111 Å². The predicted molar refractivity (Wildman–Crippen MR) is 171 cm³/mol. The number of anilines is 1. The second-order valence-corrected chi connectivity index (χ2v) is 12.3. The van der Waals surface area contributed by atoms with Gasteiger partial charge in [0.05, 0.1) is 31.2 Å². The van der Waals surface area contributed by atoms with Crippen molar-refractivity contribution >= 4 is 45.7 Å². The Hall–Kier alpha value is -3.77. The number of aromatic nitrogens is 1. The second-order valence-electron chi connectivity index (χ2n) is 11.6. The normalized spacial score (nSPS) is 21.5. The summed E-state index contributed by atoms with van der Waals surface area (Å²) in [6.45, 7) is 4.88. The van der Waals surface area contributed by atoms with E-state index in [1.54, 1.807) is 29.1 Å². The van der Waals surface area contributed by atoms with Crippen molar-refractivity contribution in [3.63, 3.8) is 0 Å². The third-order valence-corrected chi connectivity index (χ3v) is 9.47. The molecule has 11 nitrogen and oxygen atoms in total. The Morgan fingerprint density at radius 2 is 1.86 bits per heavy atom. The van der Waals surface area contributed by atoms with Gasteiger partial charge in [0.2, 0.25) is 0 Å². The number of likely N-dealkylation sites (N-methyl/N-ethyl adjacent to an activating group) is 1. The second kappa shape index (κ2) is 13.1. The number of fused-ring (bicyclic) bond motifs is 3. The summed E-state index contributed by atoms with van der Waals surface area (Å²) in [7, 11) is 8.87. The van der Waals surface area contributed by atoms with Gasteiger partial charge in [-0.3, -0.25) is 4.79 Å². The van der Waals surface area contributed by atoms with Crippen LogP contribution in [0, 0.1) is 12.8 Å². The van der Waals surface area contributed by atoms with E-state index in [2.05, 4.69) is 25.8 Å². The number of nitrogens with one attached hydrogen (secondary N) is 1. The Labute approximate surface area is 266 Å². The molecule has 1 aliphatic carbocycles. The molecule has 0 radical (unpaired) electrons. The lowest BCUT2D eigenvalue weighted by atomic mass is 9.80. The average molecular weight is 671 g/mol. The van der Waals surface area contributed by atoms with E-state index in [1.807, 2.05) is 57.2 Å². The first-order valence-corrected chi connectivity index (χ1v) is 15.8. The van der Waals surface area contributed by atoms with Gasteiger partial charge in [0, 0.05) is 81.1 Å². The van der Waals surface area contributed by atoms with Gasteiger partial charge in [-0.1, -0.05) is 22.0 Å². The fourth-order valence-electron chi connectivity index (χ4n) is 6.29. The topological polar surface area (TPSA) is 108 Å². The molecule has 3 atom stereocenters. The van der Waals surface area contributed by atoms with Gasteiger partial charge in [0.15, 0.2) is 6.10 Å². The number of methoxy groups -OCH3 is 2. The third kappa shape index (κ3) is 5.97. The molecule has 2 saturated heterocycles. The van der Waals surface area contributed by atoms with Crippen LogP contribution >= 0.6 is 15.9 Å². The molecule has 2 aromatic rings. The van der Waals surface area contributed by atoms with E-state index in [-0.39, 0.29) is 17.7 Å². The van der Waals surface area contributed by atoms with Gasteiger partial charge in [0.1, 0.15) is 5.75 Å². The van der Waals surface area contributed by atoms with E-state index in [9.17, 15) is 14.4 Å². The van der Waals surface area contributed by atoms with Gasteiger partial charge in [-0.15, -0.1) is 0 Å². The highest BCUT2D eigenvalue weighted by Crippen LogP contribution is 2.51. The number of piperazine rings is 1. The molecule has 2 unspecified atom stereocenters. The molecule has 2 fully saturated rings. The van der Waals surface area contributed by atoms with Crippen molar-refractivity contribution < 1.29 is 28.6 Å². The molecule has 2 amide bonds. The molecule has 1 N–H and O–H groups in total. The summed E-state index contributed by atoms with van der Waals surface area (Å²) in [6.07, 6.45) is 3.95. The Kier molecular flexibility index (Phi) is 9.40. The molecule has 236 valence electrons. The summed E-state index contributed by atoms with van der Waals surface area (Å²) in [5.74, 6) is -0.234. The highest BCUT2D eigenvalue weighted by molar-refractivity contribution is 9.09. The van der Waals surface area contributed by atoms with E-state index < -0.39 is 18.2 Å². The third-order valence-electron chi connectivity index (χ3n) is 8.64. The van der Waals surface area contributed by atoms with Gasteiger partial charge in [-0.05, 0) is 49.7 Å². The zero-order chi connectivity index (χ0) is 31.7. The quantitative estimate of drug-likeness (QED) is 0.266. The molecule has 0 bridgehead atoms. The highest BCUT2D eigenvalue weighted by atomic mass is 79.9. The molecule has 5 rings (SSSR count). The van der Waals surface area contributed by atoms with Crippen molar-refractivity contribution in [3.8, 4) is 5.75 Å². The Morgan fingerprint density at radius 1 is 1.14 bits per heavy atom. The molecule has 3 aliphatic rings. The number of nitrogens with zero attached hydrogens (tertiary/aromatic N) is 4. The maximum absolute atomic E-state index is 13.8. The largest absolute Gasteiger partial charge is 0.495 e. The molecular formula is C32H40BrN5O6. The first-order chi connectivity index (χ1) is 21.1. The van der Waals surface area contributed by atoms with Crippen LogP contribution < -0.4 is 9.64 Å². The number of aryl methyl sites for hydroxylation is 1. The van der Waals surface area contributed by atoms with E-state index in [0.717, 1.165) is 35.7 Å². The number of allylic oxidation sites excluding steroid dienone is 1. The van der Waals surface area contributed by atoms with Crippen LogP contribution in [0.3, 0.4) is 0 Å². The predicted octanol–water partition coefficient (Wildman–Crippen LogP) is 4.16. The van der Waals surface area contributed by atoms with Crippen molar-refractivity contribution in [1.82, 2.24) is 19.7 Å². The number of aromatic amines is 1. The summed E-state index contributed by atoms with van der Waals surface area (Å²) >= 11 is 3.65. The SMILES string of the molecule is COC(=O)c1c(C)[nH]c2c1C1C(=CC2OC(=O)N2CCN(C)CC2)N(C(=O)/C=C/c2ccc(OC)c(N(C)C)c2)C[C@H]1CBr. The molecule has 3 heterocycles. The smallest absolute Gasteiger partial charge is 0.410 e. The van der Waals surface area contributed by atoms with Crippen LogP contribution in [0.5, 0.6) is 5.75 Å². The summed E-state index contributed by atoms with van der Waals surface area (Å²) in [4.78, 5) is 51.0. The van der Waals surface area contributed by atoms with Gasteiger partial charge >= 0.3 is 12.1 Å². The van der Waals surface area contributed by atoms with Crippen LogP contribution in [-0.2, 0) is 14.3 Å². The maximum Gasteiger partial charge on any atom is 0.410 e. The molecule has 0 saturated carbocycles. The van der Waals surface area contributed by atoms with Crippen molar-refractivity contribution in [2.24, 2.45) is 5.92 Å². The van der Waals surface area contributed by atoms with Crippen molar-refractivity contribution in [1.29, 1.82) is 0 Å². The number of amides is 2. The minimum absolute atomic E-state index is 0.0217. The zero-order valence-corrected chi connectivity index (χ0v) is 27.6. The van der Waals surface area contributed by atoms with Crippen LogP contribution in [0.2, 0.25) is 0 Å². The van der Waals surface area contributed by atoms with E-state index in [0.29, 0.717) is 47.6 Å². The maximum atomic E-state index is 13.8. The standard InChI is InChI=1S/C32H40BrN5O6/c1-19-27(31(40)43-6)29-28-21(17-33)18-38(26(39)10-8-20-7-9-24(42-5)22(15-20)35(2)3)23(28)16-25(30(29)34-19)44-32(41)37-13-11-36(4)12-14-37/h7-10,15-16,21,25,28,34H,11-14,17-18H2,1-6H3/b10-8+/t21-,25?,28?/m1/s1. The lowest BCUT2D eigenvalue weighted by Gasteiger charge is -2.34. The van der Waals surface area contributed by atoms with Crippen LogP contribution in [0.15, 0.2) is 36.0 Å². The van der Waals surface area contributed by atoms with Crippen molar-refractivity contribution in [2.75, 3.05) is 78.3 Å². The minimum atomic E-state index is -0.807. The summed E-state index contributed by atoms with van der Waals surface area (Å²) < 4.78 is 16.7. The van der Waals surface area contributed by atoms with E-state index in [4.69, 9.17) is 14.2 Å². The monoisotopic (exact) mass is 669 g/mol. The van der Waals surface area contributed by atoms with Crippen LogP contribution in [0.25, 0.3) is 6.08 Å². The number of rotatable bonds is 7. The number of H-pyrrole nitrogens is 1. The van der Waals surface area contributed by atoms with Crippen LogP contribution in [0.4, 0.5) is 10.5 Å². The lowest BCUT2D eigenvalue weighted by Crippen LogP contribution is -2.47. The lowest BCUT2D eigenvalue weighted by molar-refractivity contribution is -0.123. The number of hydrogen-bond donors (Lipinski definition) is 1. The number of hydrogen-bond acceptors (Lipinski definition) is 8. The summed E-state index contributed by atoms with van der Waals surface area (Å²) in [6, 6.07) is 5.73. The minimum Gasteiger partial charge on any atom is -0.495 e. The molecule has 2 aliphatic heterocycles. The molecule has 0 spiro atoms. The van der Waals surface area contributed by atoms with Gasteiger partial charge in [-0.2, -0.15) is 0 Å². The number of carbonyl (C=O) groups excluding carboxylic acids is 3. The number of benzene rings is 1. The number of esters is 1. The molecular weight excluding hydrogens is 630 g/mol. The fraction of sp³-hybridized carbons (Fsp3) is 0.469. The average Bonchev–Trinajstić information content (AvgIpc) is 3.56. The van der Waals surface area contributed by atoms with Crippen molar-refractivity contribution in [2.45, 2.75) is 18.9 Å². The molecule has 12 heteroatoms. The number of carbonyl (C=O) groups is 3.